The lowest BCUT2D eigenvalue weighted by molar-refractivity contribution is -0.115. The molecule has 0 atom stereocenters. The van der Waals surface area contributed by atoms with Crippen molar-refractivity contribution in [2.75, 3.05) is 18.2 Å². The van der Waals surface area contributed by atoms with Gasteiger partial charge in [0.15, 0.2) is 9.84 Å². The summed E-state index contributed by atoms with van der Waals surface area (Å²) in [5.74, 6) is -0.252. The number of nitrogens with one attached hydrogen (secondary N) is 1. The second-order valence-corrected chi connectivity index (χ2v) is 8.25. The summed E-state index contributed by atoms with van der Waals surface area (Å²) in [5, 5.41) is 3.20. The maximum atomic E-state index is 12.3. The summed E-state index contributed by atoms with van der Waals surface area (Å²) < 4.78 is 29.8. The van der Waals surface area contributed by atoms with E-state index in [-0.39, 0.29) is 17.1 Å². The molecule has 0 aliphatic heterocycles. The van der Waals surface area contributed by atoms with Gasteiger partial charge in [-0.05, 0) is 37.6 Å². The van der Waals surface area contributed by atoms with Crippen molar-refractivity contribution >= 4 is 33.0 Å². The van der Waals surface area contributed by atoms with E-state index in [4.69, 9.17) is 16.3 Å². The van der Waals surface area contributed by atoms with Crippen LogP contribution in [0.15, 0.2) is 41.3 Å². The summed E-state index contributed by atoms with van der Waals surface area (Å²) >= 11 is 6.03. The first-order chi connectivity index (χ1) is 11.7. The smallest absolute Gasteiger partial charge is 0.225 e. The molecule has 0 fully saturated rings. The number of methoxy groups -OCH3 is 1. The molecule has 0 heterocycles. The van der Waals surface area contributed by atoms with Gasteiger partial charge in [0.25, 0.3) is 0 Å². The van der Waals surface area contributed by atoms with Crippen molar-refractivity contribution in [3.8, 4) is 5.75 Å². The van der Waals surface area contributed by atoms with Gasteiger partial charge >= 0.3 is 0 Å². The fourth-order valence-corrected chi connectivity index (χ4v) is 3.63. The number of carbonyl (C=O) groups excluding carboxylic acids is 1. The average molecular weight is 382 g/mol. The third-order valence-electron chi connectivity index (χ3n) is 3.73. The minimum absolute atomic E-state index is 0.152. The topological polar surface area (TPSA) is 72.5 Å². The molecule has 0 saturated heterocycles. The fourth-order valence-electron chi connectivity index (χ4n) is 2.23. The second kappa shape index (κ2) is 7.89. The van der Waals surface area contributed by atoms with Gasteiger partial charge in [-0.1, -0.05) is 29.3 Å². The molecule has 25 heavy (non-hydrogen) atoms. The Kier molecular flexibility index (Phi) is 6.08. The van der Waals surface area contributed by atoms with Crippen molar-refractivity contribution in [1.82, 2.24) is 0 Å². The van der Waals surface area contributed by atoms with Crippen molar-refractivity contribution in [3.63, 3.8) is 0 Å². The fraction of sp³-hybridized carbons (Fsp3) is 0.278. The first-order valence-corrected chi connectivity index (χ1v) is 9.69. The molecule has 0 spiro atoms. The predicted octanol–water partition coefficient (Wildman–Crippen LogP) is 3.77. The van der Waals surface area contributed by atoms with Crippen LogP contribution in [0, 0.1) is 13.8 Å². The number of anilines is 1. The number of hydrogen-bond acceptors (Lipinski definition) is 4. The number of ether oxygens (including phenoxy) is 1. The van der Waals surface area contributed by atoms with Crippen molar-refractivity contribution in [2.24, 2.45) is 0 Å². The predicted molar refractivity (Wildman–Crippen MR) is 99.2 cm³/mol. The summed E-state index contributed by atoms with van der Waals surface area (Å²) in [7, 11) is -2.04. The molecular weight excluding hydrogens is 362 g/mol. The van der Waals surface area contributed by atoms with Crippen LogP contribution in [0.3, 0.4) is 0 Å². The maximum Gasteiger partial charge on any atom is 0.225 e. The molecule has 0 unspecified atom stereocenters. The Hall–Kier alpha value is -2.05. The van der Waals surface area contributed by atoms with E-state index in [1.165, 1.54) is 7.11 Å². The molecular formula is C18H20ClNO4S. The van der Waals surface area contributed by atoms with Gasteiger partial charge in [-0.2, -0.15) is 0 Å². The molecule has 1 amide bonds. The molecule has 0 saturated carbocycles. The Bertz CT molecular complexity index is 877. The summed E-state index contributed by atoms with van der Waals surface area (Å²) in [6.45, 7) is 3.69. The van der Waals surface area contributed by atoms with E-state index in [1.807, 2.05) is 6.92 Å². The zero-order valence-corrected chi connectivity index (χ0v) is 15.9. The molecule has 2 aromatic rings. The normalized spacial score (nSPS) is 11.2. The number of rotatable bonds is 6. The Labute approximate surface area is 152 Å². The molecule has 7 heteroatoms. The maximum absolute atomic E-state index is 12.3. The first kappa shape index (κ1) is 19.3. The highest BCUT2D eigenvalue weighted by atomic mass is 35.5. The Morgan fingerprint density at radius 1 is 1.16 bits per heavy atom. The van der Waals surface area contributed by atoms with Crippen molar-refractivity contribution in [2.45, 2.75) is 25.2 Å². The van der Waals surface area contributed by atoms with Crippen molar-refractivity contribution < 1.29 is 17.9 Å². The number of aryl methyl sites for hydroxylation is 2. The Morgan fingerprint density at radius 2 is 1.80 bits per heavy atom. The van der Waals surface area contributed by atoms with E-state index in [2.05, 4.69) is 5.32 Å². The number of hydrogen-bond donors (Lipinski definition) is 1. The van der Waals surface area contributed by atoms with Crippen LogP contribution < -0.4 is 10.1 Å². The number of carbonyl (C=O) groups is 1. The summed E-state index contributed by atoms with van der Waals surface area (Å²) in [6.07, 6.45) is -0.152. The third kappa shape index (κ3) is 4.96. The van der Waals surface area contributed by atoms with Crippen LogP contribution in [-0.4, -0.2) is 27.2 Å². The van der Waals surface area contributed by atoms with Gasteiger partial charge in [-0.3, -0.25) is 4.79 Å². The number of sulfone groups is 1. The van der Waals surface area contributed by atoms with Gasteiger partial charge in [-0.15, -0.1) is 0 Å². The molecule has 0 aromatic heterocycles. The van der Waals surface area contributed by atoms with E-state index in [9.17, 15) is 13.2 Å². The van der Waals surface area contributed by atoms with Gasteiger partial charge in [0.05, 0.1) is 23.4 Å². The SMILES string of the molecule is COc1cc(Cl)c(C)cc1NC(=O)CCS(=O)(=O)c1ccc(C)cc1. The molecule has 2 rings (SSSR count). The third-order valence-corrected chi connectivity index (χ3v) is 5.87. The first-order valence-electron chi connectivity index (χ1n) is 7.66. The Morgan fingerprint density at radius 3 is 2.40 bits per heavy atom. The summed E-state index contributed by atoms with van der Waals surface area (Å²) in [6, 6.07) is 9.86. The van der Waals surface area contributed by atoms with Gasteiger partial charge in [0, 0.05) is 17.5 Å². The standard InChI is InChI=1S/C18H20ClNO4S/c1-12-4-6-14(7-5-12)25(22,23)9-8-18(21)20-16-10-13(2)15(19)11-17(16)24-3/h4-7,10-11H,8-9H2,1-3H3,(H,20,21). The highest BCUT2D eigenvalue weighted by Gasteiger charge is 2.17. The molecule has 2 aromatic carbocycles. The van der Waals surface area contributed by atoms with Gasteiger partial charge in [0.2, 0.25) is 5.91 Å². The highest BCUT2D eigenvalue weighted by molar-refractivity contribution is 7.91. The minimum atomic E-state index is -3.51. The largest absolute Gasteiger partial charge is 0.495 e. The van der Waals surface area contributed by atoms with E-state index in [0.717, 1.165) is 11.1 Å². The summed E-state index contributed by atoms with van der Waals surface area (Å²) in [5.41, 5.74) is 2.22. The average Bonchev–Trinajstić information content (AvgIpc) is 2.56. The molecule has 0 radical (unpaired) electrons. The van der Waals surface area contributed by atoms with Crippen LogP contribution >= 0.6 is 11.6 Å². The zero-order chi connectivity index (χ0) is 18.6. The molecule has 134 valence electrons. The number of halogens is 1. The lowest BCUT2D eigenvalue weighted by Gasteiger charge is -2.12. The van der Waals surface area contributed by atoms with Crippen molar-refractivity contribution in [1.29, 1.82) is 0 Å². The monoisotopic (exact) mass is 381 g/mol. The van der Waals surface area contributed by atoms with E-state index in [1.54, 1.807) is 43.3 Å². The van der Waals surface area contributed by atoms with E-state index in [0.29, 0.717) is 16.5 Å². The lowest BCUT2D eigenvalue weighted by atomic mass is 10.2. The summed E-state index contributed by atoms with van der Waals surface area (Å²) in [4.78, 5) is 12.4. The van der Waals surface area contributed by atoms with Crippen LogP contribution in [0.4, 0.5) is 5.69 Å². The van der Waals surface area contributed by atoms with E-state index >= 15 is 0 Å². The molecule has 0 aliphatic carbocycles. The molecule has 0 aliphatic rings. The Balaban J connectivity index is 2.06. The van der Waals surface area contributed by atoms with Crippen LogP contribution in [0.25, 0.3) is 0 Å². The molecule has 0 bridgehead atoms. The van der Waals surface area contributed by atoms with Crippen LogP contribution in [0.5, 0.6) is 5.75 Å². The van der Waals surface area contributed by atoms with Gasteiger partial charge < -0.3 is 10.1 Å². The highest BCUT2D eigenvalue weighted by Crippen LogP contribution is 2.31. The van der Waals surface area contributed by atoms with Gasteiger partial charge in [-0.25, -0.2) is 8.42 Å². The van der Waals surface area contributed by atoms with E-state index < -0.39 is 15.7 Å². The van der Waals surface area contributed by atoms with Crippen LogP contribution in [-0.2, 0) is 14.6 Å². The zero-order valence-electron chi connectivity index (χ0n) is 14.3. The van der Waals surface area contributed by atoms with Gasteiger partial charge in [0.1, 0.15) is 5.75 Å². The van der Waals surface area contributed by atoms with Crippen LogP contribution in [0.2, 0.25) is 5.02 Å². The number of amides is 1. The minimum Gasteiger partial charge on any atom is -0.495 e. The number of benzene rings is 2. The van der Waals surface area contributed by atoms with Crippen LogP contribution in [0.1, 0.15) is 17.5 Å². The molecule has 5 nitrogen and oxygen atoms in total. The lowest BCUT2D eigenvalue weighted by Crippen LogP contribution is -2.18. The van der Waals surface area contributed by atoms with Crippen molar-refractivity contribution in [3.05, 3.63) is 52.5 Å². The molecule has 1 N–H and O–H groups in total. The second-order valence-electron chi connectivity index (χ2n) is 5.73. The quantitative estimate of drug-likeness (QED) is 0.826.